The Kier molecular flexibility index (Phi) is 6.56. The maximum atomic E-state index is 12.7. The highest BCUT2D eigenvalue weighted by molar-refractivity contribution is 7.99. The molecule has 0 saturated heterocycles. The van der Waals surface area contributed by atoms with Crippen molar-refractivity contribution in [3.05, 3.63) is 35.6 Å². The molecule has 0 bridgehead atoms. The molecule has 0 atom stereocenters. The van der Waals surface area contributed by atoms with E-state index in [2.05, 4.69) is 0 Å². The number of ketones is 1. The number of carbonyl (C=O) groups is 2. The van der Waals surface area contributed by atoms with Crippen LogP contribution >= 0.6 is 11.8 Å². The van der Waals surface area contributed by atoms with E-state index in [1.807, 2.05) is 0 Å². The minimum absolute atomic E-state index is 0.0135. The number of benzene rings is 1. The van der Waals surface area contributed by atoms with E-state index in [1.165, 1.54) is 36.0 Å². The summed E-state index contributed by atoms with van der Waals surface area (Å²) in [6.07, 6.45) is 1.15. The average molecular weight is 283 g/mol. The Balaban J connectivity index is 2.21. The van der Waals surface area contributed by atoms with E-state index < -0.39 is 0 Å². The van der Waals surface area contributed by atoms with Crippen LogP contribution in [0.15, 0.2) is 24.3 Å². The summed E-state index contributed by atoms with van der Waals surface area (Å²) in [5.74, 6) is 0.966. The van der Waals surface area contributed by atoms with Gasteiger partial charge in [-0.25, -0.2) is 4.39 Å². The summed E-state index contributed by atoms with van der Waals surface area (Å²) in [5.41, 5.74) is 0.538. The Hall–Kier alpha value is -1.36. The monoisotopic (exact) mass is 283 g/mol. The standard InChI is InChI=1S/C14H18FNO2S/c1-16(2)14(18)10-19-9-3-4-13(17)11-5-7-12(15)8-6-11/h5-8H,3-4,9-10H2,1-2H3. The lowest BCUT2D eigenvalue weighted by molar-refractivity contribution is -0.125. The zero-order valence-corrected chi connectivity index (χ0v) is 12.0. The van der Waals surface area contributed by atoms with Crippen LogP contribution in [-0.2, 0) is 4.79 Å². The number of hydrogen-bond donors (Lipinski definition) is 0. The van der Waals surface area contributed by atoms with Crippen LogP contribution < -0.4 is 0 Å². The zero-order valence-electron chi connectivity index (χ0n) is 11.2. The molecule has 0 N–H and O–H groups in total. The van der Waals surface area contributed by atoms with E-state index in [4.69, 9.17) is 0 Å². The molecule has 0 aliphatic rings. The molecule has 19 heavy (non-hydrogen) atoms. The van der Waals surface area contributed by atoms with Gasteiger partial charge in [0.25, 0.3) is 0 Å². The minimum atomic E-state index is -0.339. The van der Waals surface area contributed by atoms with E-state index in [9.17, 15) is 14.0 Å². The Morgan fingerprint density at radius 1 is 1.21 bits per heavy atom. The second kappa shape index (κ2) is 7.94. The molecule has 3 nitrogen and oxygen atoms in total. The van der Waals surface area contributed by atoms with Gasteiger partial charge < -0.3 is 4.90 Å². The molecule has 0 unspecified atom stereocenters. The summed E-state index contributed by atoms with van der Waals surface area (Å²) in [7, 11) is 3.45. The van der Waals surface area contributed by atoms with Crippen LogP contribution in [0.2, 0.25) is 0 Å². The van der Waals surface area contributed by atoms with Crippen LogP contribution in [-0.4, -0.2) is 42.2 Å². The number of Topliss-reactive ketones (excluding diaryl/α,β-unsaturated/α-hetero) is 1. The number of amides is 1. The quantitative estimate of drug-likeness (QED) is 0.570. The third-order valence-electron chi connectivity index (χ3n) is 2.58. The van der Waals surface area contributed by atoms with Gasteiger partial charge in [0.05, 0.1) is 5.75 Å². The molecule has 1 aromatic rings. The predicted molar refractivity (Wildman–Crippen MR) is 76.0 cm³/mol. The van der Waals surface area contributed by atoms with Crippen molar-refractivity contribution in [3.63, 3.8) is 0 Å². The fourth-order valence-electron chi connectivity index (χ4n) is 1.40. The summed E-state index contributed by atoms with van der Waals surface area (Å²) >= 11 is 1.53. The normalized spacial score (nSPS) is 10.3. The zero-order chi connectivity index (χ0) is 14.3. The van der Waals surface area contributed by atoms with E-state index in [-0.39, 0.29) is 17.5 Å². The van der Waals surface area contributed by atoms with Gasteiger partial charge in [-0.1, -0.05) is 0 Å². The van der Waals surface area contributed by atoms with Crippen molar-refractivity contribution in [2.75, 3.05) is 25.6 Å². The molecule has 1 aromatic carbocycles. The molecule has 0 radical (unpaired) electrons. The lowest BCUT2D eigenvalue weighted by atomic mass is 10.1. The van der Waals surface area contributed by atoms with Crippen molar-refractivity contribution < 1.29 is 14.0 Å². The highest BCUT2D eigenvalue weighted by Gasteiger charge is 2.07. The van der Waals surface area contributed by atoms with Crippen LogP contribution in [0.5, 0.6) is 0 Å². The number of thioether (sulfide) groups is 1. The van der Waals surface area contributed by atoms with Crippen molar-refractivity contribution in [2.24, 2.45) is 0 Å². The average Bonchev–Trinajstić information content (AvgIpc) is 2.38. The van der Waals surface area contributed by atoms with Gasteiger partial charge in [0.15, 0.2) is 5.78 Å². The lowest BCUT2D eigenvalue weighted by Gasteiger charge is -2.09. The first-order valence-corrected chi connectivity index (χ1v) is 7.23. The van der Waals surface area contributed by atoms with Crippen molar-refractivity contribution in [1.29, 1.82) is 0 Å². The second-order valence-electron chi connectivity index (χ2n) is 4.37. The van der Waals surface area contributed by atoms with E-state index in [1.54, 1.807) is 19.0 Å². The Labute approximate surface area is 117 Å². The molecule has 1 rings (SSSR count). The van der Waals surface area contributed by atoms with Gasteiger partial charge in [-0.3, -0.25) is 9.59 Å². The molecule has 1 amide bonds. The van der Waals surface area contributed by atoms with Crippen molar-refractivity contribution in [3.8, 4) is 0 Å². The molecular formula is C14H18FNO2S. The molecule has 0 saturated carbocycles. The molecule has 0 aliphatic carbocycles. The maximum absolute atomic E-state index is 12.7. The van der Waals surface area contributed by atoms with Gasteiger partial charge in [0.2, 0.25) is 5.91 Å². The Morgan fingerprint density at radius 3 is 2.42 bits per heavy atom. The van der Waals surface area contributed by atoms with Crippen molar-refractivity contribution in [1.82, 2.24) is 4.90 Å². The second-order valence-corrected chi connectivity index (χ2v) is 5.48. The lowest BCUT2D eigenvalue weighted by Crippen LogP contribution is -2.23. The highest BCUT2D eigenvalue weighted by atomic mass is 32.2. The van der Waals surface area contributed by atoms with Crippen LogP contribution in [0.4, 0.5) is 4.39 Å². The third-order valence-corrected chi connectivity index (χ3v) is 3.61. The molecule has 0 fully saturated rings. The number of halogens is 1. The molecule has 104 valence electrons. The van der Waals surface area contributed by atoms with Crippen LogP contribution in [0.3, 0.4) is 0 Å². The van der Waals surface area contributed by atoms with Gasteiger partial charge in [-0.2, -0.15) is 11.8 Å². The third kappa shape index (κ3) is 5.87. The topological polar surface area (TPSA) is 37.4 Å². The van der Waals surface area contributed by atoms with Gasteiger partial charge in [0, 0.05) is 26.1 Å². The van der Waals surface area contributed by atoms with Crippen LogP contribution in [0, 0.1) is 5.82 Å². The molecular weight excluding hydrogens is 265 g/mol. The summed E-state index contributed by atoms with van der Waals surface area (Å²) in [6, 6.07) is 5.58. The largest absolute Gasteiger partial charge is 0.348 e. The molecule has 0 aromatic heterocycles. The maximum Gasteiger partial charge on any atom is 0.232 e. The van der Waals surface area contributed by atoms with E-state index >= 15 is 0 Å². The first-order valence-electron chi connectivity index (χ1n) is 6.07. The predicted octanol–water partition coefficient (Wildman–Crippen LogP) is 2.61. The van der Waals surface area contributed by atoms with Crippen molar-refractivity contribution in [2.45, 2.75) is 12.8 Å². The van der Waals surface area contributed by atoms with Gasteiger partial charge in [0.1, 0.15) is 5.82 Å². The highest BCUT2D eigenvalue weighted by Crippen LogP contribution is 2.10. The first-order chi connectivity index (χ1) is 9.00. The van der Waals surface area contributed by atoms with Gasteiger partial charge >= 0.3 is 0 Å². The fourth-order valence-corrected chi connectivity index (χ4v) is 2.33. The van der Waals surface area contributed by atoms with Gasteiger partial charge in [-0.15, -0.1) is 0 Å². The molecule has 0 spiro atoms. The summed E-state index contributed by atoms with van der Waals surface area (Å²) in [5, 5.41) is 0. The Morgan fingerprint density at radius 2 is 1.84 bits per heavy atom. The summed E-state index contributed by atoms with van der Waals surface area (Å²) in [4.78, 5) is 24.6. The number of carbonyl (C=O) groups excluding carboxylic acids is 2. The first kappa shape index (κ1) is 15.7. The SMILES string of the molecule is CN(C)C(=O)CSCCCC(=O)c1ccc(F)cc1. The van der Waals surface area contributed by atoms with E-state index in [0.717, 1.165) is 12.2 Å². The smallest absolute Gasteiger partial charge is 0.232 e. The Bertz CT molecular complexity index is 432. The van der Waals surface area contributed by atoms with Crippen molar-refractivity contribution >= 4 is 23.5 Å². The van der Waals surface area contributed by atoms with Gasteiger partial charge in [-0.05, 0) is 36.4 Å². The van der Waals surface area contributed by atoms with Crippen LogP contribution in [0.25, 0.3) is 0 Å². The van der Waals surface area contributed by atoms with Crippen LogP contribution in [0.1, 0.15) is 23.2 Å². The molecule has 0 heterocycles. The molecule has 5 heteroatoms. The molecule has 0 aliphatic heterocycles. The number of nitrogens with zero attached hydrogens (tertiary/aromatic N) is 1. The summed E-state index contributed by atoms with van der Waals surface area (Å²) in [6.45, 7) is 0. The summed E-state index contributed by atoms with van der Waals surface area (Å²) < 4.78 is 12.7. The minimum Gasteiger partial charge on any atom is -0.348 e. The fraction of sp³-hybridized carbons (Fsp3) is 0.429. The van der Waals surface area contributed by atoms with E-state index in [0.29, 0.717) is 17.7 Å². The number of hydrogen-bond acceptors (Lipinski definition) is 3. The number of rotatable bonds is 7.